The molecule has 7 nitrogen and oxygen atoms in total. The Balaban J connectivity index is 1.48. The third kappa shape index (κ3) is 4.28. The van der Waals surface area contributed by atoms with Crippen LogP contribution < -0.4 is 10.5 Å². The van der Waals surface area contributed by atoms with Crippen LogP contribution in [0.1, 0.15) is 37.3 Å². The average molecular weight is 466 g/mol. The van der Waals surface area contributed by atoms with Gasteiger partial charge >= 0.3 is 0 Å². The molecule has 2 aromatic heterocycles. The van der Waals surface area contributed by atoms with E-state index in [2.05, 4.69) is 19.3 Å². The zero-order chi connectivity index (χ0) is 23.0. The number of anilines is 2. The lowest BCUT2D eigenvalue weighted by atomic mass is 10.1. The van der Waals surface area contributed by atoms with Crippen molar-refractivity contribution in [2.24, 2.45) is 0 Å². The van der Waals surface area contributed by atoms with Crippen molar-refractivity contribution in [1.82, 2.24) is 14.5 Å². The molecule has 1 aliphatic rings. The molecule has 0 bridgehead atoms. The summed E-state index contributed by atoms with van der Waals surface area (Å²) in [6, 6.07) is 13.5. The molecule has 0 atom stereocenters. The fourth-order valence-corrected chi connectivity index (χ4v) is 5.75. The summed E-state index contributed by atoms with van der Waals surface area (Å²) in [5.74, 6) is -0.571. The van der Waals surface area contributed by atoms with Crippen LogP contribution in [0.15, 0.2) is 61.1 Å². The molecule has 5 rings (SSSR count). The van der Waals surface area contributed by atoms with Gasteiger partial charge in [0.1, 0.15) is 23.6 Å². The molecular formula is C24H24FN5O2S. The minimum absolute atomic E-state index is 0.0987. The first-order valence-electron chi connectivity index (χ1n) is 10.9. The molecular weight excluding hydrogens is 441 g/mol. The van der Waals surface area contributed by atoms with Crippen LogP contribution in [0.2, 0.25) is 0 Å². The van der Waals surface area contributed by atoms with E-state index in [4.69, 9.17) is 5.73 Å². The van der Waals surface area contributed by atoms with Crippen molar-refractivity contribution < 1.29 is 12.8 Å². The molecule has 0 aliphatic heterocycles. The summed E-state index contributed by atoms with van der Waals surface area (Å²) in [7, 11) is -3.77. The van der Waals surface area contributed by atoms with Gasteiger partial charge in [0.2, 0.25) is 10.0 Å². The van der Waals surface area contributed by atoms with Crippen molar-refractivity contribution in [3.63, 3.8) is 0 Å². The number of hydrogen-bond donors (Lipinski definition) is 2. The van der Waals surface area contributed by atoms with Crippen LogP contribution in [0.3, 0.4) is 0 Å². The fraction of sp³-hybridized carbons (Fsp3) is 0.250. The third-order valence-corrected chi connectivity index (χ3v) is 7.35. The van der Waals surface area contributed by atoms with Crippen molar-refractivity contribution in [3.8, 4) is 11.1 Å². The van der Waals surface area contributed by atoms with Gasteiger partial charge in [-0.15, -0.1) is 0 Å². The summed E-state index contributed by atoms with van der Waals surface area (Å²) in [5.41, 5.74) is 8.75. The number of nitrogens with one attached hydrogen (secondary N) is 1. The van der Waals surface area contributed by atoms with Crippen LogP contribution in [0.5, 0.6) is 0 Å². The zero-order valence-electron chi connectivity index (χ0n) is 17.9. The van der Waals surface area contributed by atoms with Gasteiger partial charge in [-0.05, 0) is 36.1 Å². The highest BCUT2D eigenvalue weighted by molar-refractivity contribution is 7.91. The maximum atomic E-state index is 15.0. The van der Waals surface area contributed by atoms with E-state index in [1.807, 2.05) is 12.3 Å². The summed E-state index contributed by atoms with van der Waals surface area (Å²) in [6.07, 6.45) is 7.84. The number of nitrogen functional groups attached to an aromatic ring is 1. The molecule has 2 aromatic carbocycles. The number of nitrogens with two attached hydrogens (primary N) is 1. The third-order valence-electron chi connectivity index (χ3n) is 6.10. The van der Waals surface area contributed by atoms with Crippen molar-refractivity contribution in [2.75, 3.05) is 10.5 Å². The zero-order valence-corrected chi connectivity index (χ0v) is 18.7. The molecule has 0 spiro atoms. The molecule has 1 saturated carbocycles. The maximum Gasteiger partial charge on any atom is 0.237 e. The number of benzene rings is 2. The second-order valence-electron chi connectivity index (χ2n) is 8.39. The number of nitrogens with zero attached hydrogens (tertiary/aromatic N) is 3. The molecule has 33 heavy (non-hydrogen) atoms. The van der Waals surface area contributed by atoms with E-state index in [9.17, 15) is 8.42 Å². The molecule has 1 fully saturated rings. The summed E-state index contributed by atoms with van der Waals surface area (Å²) in [6.45, 7) is 0. The molecule has 9 heteroatoms. The van der Waals surface area contributed by atoms with Gasteiger partial charge in [-0.2, -0.15) is 0 Å². The lowest BCUT2D eigenvalue weighted by molar-refractivity contribution is 0.532. The molecule has 0 unspecified atom stereocenters. The van der Waals surface area contributed by atoms with Gasteiger partial charge in [0.05, 0.1) is 16.8 Å². The van der Waals surface area contributed by atoms with Crippen LogP contribution >= 0.6 is 0 Å². The van der Waals surface area contributed by atoms with Gasteiger partial charge in [0.25, 0.3) is 0 Å². The van der Waals surface area contributed by atoms with E-state index in [-0.39, 0.29) is 11.4 Å². The fourth-order valence-electron chi connectivity index (χ4n) is 4.55. The predicted molar refractivity (Wildman–Crippen MR) is 128 cm³/mol. The van der Waals surface area contributed by atoms with E-state index in [1.165, 1.54) is 18.5 Å². The van der Waals surface area contributed by atoms with Crippen molar-refractivity contribution in [2.45, 2.75) is 37.5 Å². The van der Waals surface area contributed by atoms with E-state index < -0.39 is 15.8 Å². The van der Waals surface area contributed by atoms with E-state index >= 15 is 4.39 Å². The second kappa shape index (κ2) is 8.47. The Labute approximate surface area is 191 Å². The standard InChI is InChI=1S/C24H24FN5O2S/c25-20-12-17(10-11-21(20)29-33(31,32)14-16-6-2-1-3-7-16)19-13-30(18-8-4-5-9-18)24-22(19)23(26)27-15-28-24/h1-3,6-7,10-13,15,18,29H,4-5,8-9,14H2,(H2,26,27,28). The topological polar surface area (TPSA) is 103 Å². The molecule has 0 saturated heterocycles. The summed E-state index contributed by atoms with van der Waals surface area (Å²) < 4.78 is 44.6. The van der Waals surface area contributed by atoms with Gasteiger partial charge in [-0.1, -0.05) is 49.2 Å². The number of hydrogen-bond acceptors (Lipinski definition) is 5. The molecule has 4 aromatic rings. The lowest BCUT2D eigenvalue weighted by Crippen LogP contribution is -2.16. The highest BCUT2D eigenvalue weighted by Gasteiger charge is 2.23. The Hall–Kier alpha value is -3.46. The van der Waals surface area contributed by atoms with Crippen LogP contribution in [-0.2, 0) is 15.8 Å². The number of aromatic nitrogens is 3. The SMILES string of the molecule is Nc1ncnc2c1c(-c1ccc(NS(=O)(=O)Cc3ccccc3)c(F)c1)cn2C1CCCC1. The smallest absolute Gasteiger partial charge is 0.237 e. The molecule has 3 N–H and O–H groups in total. The average Bonchev–Trinajstić information content (AvgIpc) is 3.44. The molecule has 2 heterocycles. The lowest BCUT2D eigenvalue weighted by Gasteiger charge is -2.12. The highest BCUT2D eigenvalue weighted by atomic mass is 32.2. The van der Waals surface area contributed by atoms with Gasteiger partial charge < -0.3 is 10.3 Å². The quantitative estimate of drug-likeness (QED) is 0.423. The van der Waals surface area contributed by atoms with Crippen LogP contribution in [0.4, 0.5) is 15.9 Å². The summed E-state index contributed by atoms with van der Waals surface area (Å²) in [4.78, 5) is 8.58. The van der Waals surface area contributed by atoms with Gasteiger partial charge in [-0.3, -0.25) is 4.72 Å². The minimum atomic E-state index is -3.77. The summed E-state index contributed by atoms with van der Waals surface area (Å²) >= 11 is 0. The Morgan fingerprint density at radius 1 is 1.09 bits per heavy atom. The monoisotopic (exact) mass is 465 g/mol. The first-order valence-corrected chi connectivity index (χ1v) is 12.5. The molecule has 1 aliphatic carbocycles. The van der Waals surface area contributed by atoms with Crippen molar-refractivity contribution >= 4 is 32.6 Å². The number of rotatable bonds is 6. The van der Waals surface area contributed by atoms with Gasteiger partial charge in [0.15, 0.2) is 0 Å². The molecule has 0 amide bonds. The first-order chi connectivity index (χ1) is 15.9. The molecule has 170 valence electrons. The Morgan fingerprint density at radius 2 is 1.85 bits per heavy atom. The highest BCUT2D eigenvalue weighted by Crippen LogP contribution is 2.39. The van der Waals surface area contributed by atoms with Crippen LogP contribution in [-0.4, -0.2) is 23.0 Å². The summed E-state index contributed by atoms with van der Waals surface area (Å²) in [5, 5.41) is 0.682. The first kappa shape index (κ1) is 21.4. The van der Waals surface area contributed by atoms with Crippen LogP contribution in [0, 0.1) is 5.82 Å². The minimum Gasteiger partial charge on any atom is -0.383 e. The number of halogens is 1. The maximum absolute atomic E-state index is 15.0. The predicted octanol–water partition coefficient (Wildman–Crippen LogP) is 4.88. The number of fused-ring (bicyclic) bond motifs is 1. The largest absolute Gasteiger partial charge is 0.383 e. The van der Waals surface area contributed by atoms with E-state index in [0.717, 1.165) is 36.9 Å². The Bertz CT molecular complexity index is 1410. The normalized spacial score (nSPS) is 14.7. The van der Waals surface area contributed by atoms with Gasteiger partial charge in [0, 0.05) is 17.8 Å². The molecule has 0 radical (unpaired) electrons. The van der Waals surface area contributed by atoms with E-state index in [0.29, 0.717) is 28.4 Å². The Kier molecular flexibility index (Phi) is 5.49. The second-order valence-corrected chi connectivity index (χ2v) is 10.1. The van der Waals surface area contributed by atoms with Crippen molar-refractivity contribution in [3.05, 3.63) is 72.4 Å². The van der Waals surface area contributed by atoms with Crippen LogP contribution in [0.25, 0.3) is 22.2 Å². The Morgan fingerprint density at radius 3 is 2.58 bits per heavy atom. The van der Waals surface area contributed by atoms with Crippen molar-refractivity contribution in [1.29, 1.82) is 0 Å². The van der Waals surface area contributed by atoms with E-state index in [1.54, 1.807) is 30.3 Å². The van der Waals surface area contributed by atoms with Gasteiger partial charge in [-0.25, -0.2) is 22.8 Å². The number of sulfonamides is 1.